The topological polar surface area (TPSA) is 105 Å². The van der Waals surface area contributed by atoms with Crippen molar-refractivity contribution in [2.45, 2.75) is 25.1 Å². The van der Waals surface area contributed by atoms with Crippen LogP contribution in [0.5, 0.6) is 0 Å². The molecule has 1 N–H and O–H groups in total. The van der Waals surface area contributed by atoms with E-state index in [9.17, 15) is 14.9 Å². The Labute approximate surface area is 151 Å². The monoisotopic (exact) mass is 382 g/mol. The number of aromatic nitrogens is 2. The van der Waals surface area contributed by atoms with Gasteiger partial charge in [0.25, 0.3) is 0 Å². The number of rotatable bonds is 6. The van der Waals surface area contributed by atoms with Gasteiger partial charge in [-0.2, -0.15) is 5.26 Å². The Balaban J connectivity index is 2.08. The van der Waals surface area contributed by atoms with Gasteiger partial charge < -0.3 is 10.1 Å². The highest BCUT2D eigenvalue weighted by Crippen LogP contribution is 2.33. The molecule has 10 heteroatoms. The maximum Gasteiger partial charge on any atom is 0.348 e. The molecule has 0 unspecified atom stereocenters. The molecule has 0 aliphatic carbocycles. The molecule has 0 aliphatic rings. The first-order chi connectivity index (χ1) is 11.5. The number of nitrogens with one attached hydrogen (secondary N) is 1. The molecule has 0 aliphatic heterocycles. The number of amides is 1. The van der Waals surface area contributed by atoms with E-state index in [0.29, 0.717) is 19.8 Å². The summed E-state index contributed by atoms with van der Waals surface area (Å²) >= 11 is 3.73. The number of hydrogen-bond acceptors (Lipinski definition) is 9. The summed E-state index contributed by atoms with van der Waals surface area (Å²) in [6.45, 7) is 5.46. The van der Waals surface area contributed by atoms with E-state index in [4.69, 9.17) is 4.74 Å². The Bertz CT molecular complexity index is 807. The first kappa shape index (κ1) is 18.4. The van der Waals surface area contributed by atoms with Crippen molar-refractivity contribution >= 4 is 51.3 Å². The van der Waals surface area contributed by atoms with Gasteiger partial charge in [-0.05, 0) is 26.3 Å². The molecule has 1 amide bonds. The number of aryl methyl sites for hydroxylation is 1. The van der Waals surface area contributed by atoms with Crippen molar-refractivity contribution in [2.24, 2.45) is 0 Å². The lowest BCUT2D eigenvalue weighted by Gasteiger charge is -2.01. The van der Waals surface area contributed by atoms with Crippen LogP contribution >= 0.6 is 34.4 Å². The van der Waals surface area contributed by atoms with Gasteiger partial charge in [-0.1, -0.05) is 23.1 Å². The fraction of sp³-hybridized carbons (Fsp3) is 0.357. The van der Waals surface area contributed by atoms with E-state index in [1.165, 1.54) is 23.1 Å². The van der Waals surface area contributed by atoms with Crippen molar-refractivity contribution in [2.75, 3.05) is 17.7 Å². The fourth-order valence-corrected chi connectivity index (χ4v) is 4.44. The summed E-state index contributed by atoms with van der Waals surface area (Å²) in [5, 5.41) is 21.0. The average Bonchev–Trinajstić information content (AvgIpc) is 3.09. The lowest BCUT2D eigenvalue weighted by molar-refractivity contribution is -0.113. The normalized spacial score (nSPS) is 10.2. The summed E-state index contributed by atoms with van der Waals surface area (Å²) in [5.74, 6) is -0.623. The number of nitrogens with zero attached hydrogens (tertiary/aromatic N) is 3. The zero-order chi connectivity index (χ0) is 17.7. The Morgan fingerprint density at radius 2 is 2.08 bits per heavy atom. The minimum absolute atomic E-state index is 0.144. The van der Waals surface area contributed by atoms with Crippen LogP contribution in [0, 0.1) is 25.2 Å². The Hall–Kier alpha value is -1.96. The number of esters is 1. The van der Waals surface area contributed by atoms with Crippen molar-refractivity contribution in [3.05, 3.63) is 21.0 Å². The summed E-state index contributed by atoms with van der Waals surface area (Å²) in [4.78, 5) is 24.3. The zero-order valence-electron chi connectivity index (χ0n) is 13.2. The van der Waals surface area contributed by atoms with Crippen molar-refractivity contribution < 1.29 is 14.3 Å². The van der Waals surface area contributed by atoms with Gasteiger partial charge in [-0.15, -0.1) is 21.5 Å². The van der Waals surface area contributed by atoms with Crippen LogP contribution in [-0.4, -0.2) is 34.4 Å². The third-order valence-corrected chi connectivity index (χ3v) is 5.97. The van der Waals surface area contributed by atoms with Crippen molar-refractivity contribution in [3.8, 4) is 6.07 Å². The standard InChI is InChI=1S/C14H14N4O3S3/c1-4-21-13(20)11-7(2)9(5-15)12(24-11)16-10(19)6-22-14-18-17-8(3)23-14/h4,6H2,1-3H3,(H,16,19). The second-order valence-electron chi connectivity index (χ2n) is 4.52. The van der Waals surface area contributed by atoms with Gasteiger partial charge in [0.2, 0.25) is 5.91 Å². The molecule has 2 aromatic rings. The minimum atomic E-state index is -0.490. The van der Waals surface area contributed by atoms with E-state index in [1.807, 2.05) is 13.0 Å². The number of ether oxygens (including phenoxy) is 1. The third-order valence-electron chi connectivity index (χ3n) is 2.81. The molecule has 0 atom stereocenters. The molecule has 126 valence electrons. The zero-order valence-corrected chi connectivity index (χ0v) is 15.7. The maximum absolute atomic E-state index is 12.1. The van der Waals surface area contributed by atoms with Crippen LogP contribution < -0.4 is 5.32 Å². The highest BCUT2D eigenvalue weighted by molar-refractivity contribution is 8.01. The first-order valence-corrected chi connectivity index (χ1v) is 9.51. The second kappa shape index (κ2) is 8.23. The van der Waals surface area contributed by atoms with E-state index in [0.717, 1.165) is 16.3 Å². The number of hydrogen-bond donors (Lipinski definition) is 1. The Kier molecular flexibility index (Phi) is 6.30. The molecule has 2 aromatic heterocycles. The predicted molar refractivity (Wildman–Crippen MR) is 93.7 cm³/mol. The van der Waals surface area contributed by atoms with E-state index >= 15 is 0 Å². The van der Waals surface area contributed by atoms with Gasteiger partial charge in [0, 0.05) is 0 Å². The van der Waals surface area contributed by atoms with Crippen LogP contribution in [-0.2, 0) is 9.53 Å². The van der Waals surface area contributed by atoms with Crippen molar-refractivity contribution in [1.82, 2.24) is 10.2 Å². The van der Waals surface area contributed by atoms with E-state index < -0.39 is 5.97 Å². The molecule has 0 radical (unpaired) electrons. The van der Waals surface area contributed by atoms with Gasteiger partial charge in [0.05, 0.1) is 17.9 Å². The molecule has 0 spiro atoms. The number of carbonyl (C=O) groups excluding carboxylic acids is 2. The van der Waals surface area contributed by atoms with Gasteiger partial charge in [0.1, 0.15) is 21.0 Å². The molecule has 0 bridgehead atoms. The second-order valence-corrected chi connectivity index (χ2v) is 7.94. The summed E-state index contributed by atoms with van der Waals surface area (Å²) < 4.78 is 5.67. The number of carbonyl (C=O) groups is 2. The van der Waals surface area contributed by atoms with Crippen LogP contribution in [0.1, 0.15) is 32.7 Å². The van der Waals surface area contributed by atoms with E-state index in [2.05, 4.69) is 15.5 Å². The molecular weight excluding hydrogens is 368 g/mol. The Morgan fingerprint density at radius 1 is 1.33 bits per heavy atom. The van der Waals surface area contributed by atoms with E-state index in [1.54, 1.807) is 13.8 Å². The molecule has 7 nitrogen and oxygen atoms in total. The van der Waals surface area contributed by atoms with Crippen LogP contribution in [0.2, 0.25) is 0 Å². The summed E-state index contributed by atoms with van der Waals surface area (Å²) in [6, 6.07) is 2.02. The first-order valence-electron chi connectivity index (χ1n) is 6.89. The molecule has 2 rings (SSSR count). The van der Waals surface area contributed by atoms with Crippen LogP contribution in [0.25, 0.3) is 0 Å². The maximum atomic E-state index is 12.1. The minimum Gasteiger partial charge on any atom is -0.462 e. The summed E-state index contributed by atoms with van der Waals surface area (Å²) in [5.41, 5.74) is 0.803. The number of thioether (sulfide) groups is 1. The lowest BCUT2D eigenvalue weighted by Crippen LogP contribution is -2.13. The van der Waals surface area contributed by atoms with Crippen LogP contribution in [0.15, 0.2) is 4.34 Å². The largest absolute Gasteiger partial charge is 0.462 e. The van der Waals surface area contributed by atoms with Gasteiger partial charge in [0.15, 0.2) is 4.34 Å². The van der Waals surface area contributed by atoms with Crippen LogP contribution in [0.3, 0.4) is 0 Å². The highest BCUT2D eigenvalue weighted by atomic mass is 32.2. The van der Waals surface area contributed by atoms with Gasteiger partial charge in [-0.3, -0.25) is 4.79 Å². The molecule has 24 heavy (non-hydrogen) atoms. The molecule has 0 saturated heterocycles. The predicted octanol–water partition coefficient (Wildman–Crippen LogP) is 3.00. The summed E-state index contributed by atoms with van der Waals surface area (Å²) in [6.07, 6.45) is 0. The molecule has 2 heterocycles. The van der Waals surface area contributed by atoms with Gasteiger partial charge >= 0.3 is 5.97 Å². The third kappa shape index (κ3) is 4.31. The molecule has 0 aromatic carbocycles. The number of thiophene rings is 1. The van der Waals surface area contributed by atoms with Gasteiger partial charge in [-0.25, -0.2) is 4.79 Å². The molecular formula is C14H14N4O3S3. The Morgan fingerprint density at radius 3 is 2.67 bits per heavy atom. The average molecular weight is 382 g/mol. The fourth-order valence-electron chi connectivity index (χ4n) is 1.75. The van der Waals surface area contributed by atoms with E-state index in [-0.39, 0.29) is 23.8 Å². The van der Waals surface area contributed by atoms with Crippen molar-refractivity contribution in [3.63, 3.8) is 0 Å². The number of anilines is 1. The smallest absolute Gasteiger partial charge is 0.348 e. The number of nitriles is 1. The SMILES string of the molecule is CCOC(=O)c1sc(NC(=O)CSc2nnc(C)s2)c(C#N)c1C. The molecule has 0 saturated carbocycles. The quantitative estimate of drug-likeness (QED) is 0.605. The highest BCUT2D eigenvalue weighted by Gasteiger charge is 2.22. The van der Waals surface area contributed by atoms with Crippen LogP contribution in [0.4, 0.5) is 5.00 Å². The lowest BCUT2D eigenvalue weighted by atomic mass is 10.2. The molecule has 0 fully saturated rings. The van der Waals surface area contributed by atoms with Crippen molar-refractivity contribution in [1.29, 1.82) is 5.26 Å². The summed E-state index contributed by atoms with van der Waals surface area (Å²) in [7, 11) is 0.